The molecular weight excluding hydrogens is 447 g/mol. The Kier molecular flexibility index (Phi) is 14.0. The van der Waals surface area contributed by atoms with Crippen LogP contribution in [0.15, 0.2) is 10.6 Å². The summed E-state index contributed by atoms with van der Waals surface area (Å²) in [5.41, 5.74) is 0. The smallest absolute Gasteiger partial charge is 0.263 e. The van der Waals surface area contributed by atoms with E-state index in [1.165, 1.54) is 38.0 Å². The number of aromatic nitrogens is 1. The summed E-state index contributed by atoms with van der Waals surface area (Å²) in [6.45, 7) is 3.40. The van der Waals surface area contributed by atoms with Gasteiger partial charge in [-0.25, -0.2) is 4.98 Å². The van der Waals surface area contributed by atoms with E-state index in [1.54, 1.807) is 6.20 Å². The van der Waals surface area contributed by atoms with Crippen LogP contribution >= 0.6 is 11.8 Å². The van der Waals surface area contributed by atoms with Gasteiger partial charge < -0.3 is 32.9 Å². The van der Waals surface area contributed by atoms with Gasteiger partial charge in [-0.2, -0.15) is 11.8 Å². The maximum Gasteiger partial charge on any atom is 0.263 e. The third kappa shape index (κ3) is 12.8. The Bertz CT molecular complexity index is 472. The van der Waals surface area contributed by atoms with Gasteiger partial charge in [-0.15, -0.1) is 0 Å². The summed E-state index contributed by atoms with van der Waals surface area (Å²) < 4.78 is 6.63. The number of hydrogen-bond donors (Lipinski definition) is 0. The molecule has 0 spiro atoms. The van der Waals surface area contributed by atoms with Gasteiger partial charge in [0, 0.05) is 25.0 Å². The first-order valence-corrected chi connectivity index (χ1v) is 10.4. The van der Waals surface area contributed by atoms with Crippen LogP contribution < -0.4 is 24.0 Å². The first-order chi connectivity index (χ1) is 11.4. The molecule has 1 rings (SSSR count). The van der Waals surface area contributed by atoms with Crippen LogP contribution in [0.4, 0.5) is 0 Å². The van der Waals surface area contributed by atoms with E-state index in [-0.39, 0.29) is 29.8 Å². The molecule has 1 aromatic rings. The van der Waals surface area contributed by atoms with E-state index in [9.17, 15) is 4.79 Å². The van der Waals surface area contributed by atoms with Gasteiger partial charge in [-0.05, 0) is 12.2 Å². The predicted octanol–water partition coefficient (Wildman–Crippen LogP) is 1.59. The zero-order valence-electron chi connectivity index (χ0n) is 16.4. The minimum atomic E-state index is 0. The number of nitrogens with zero attached hydrogens (tertiary/aromatic N) is 2. The van der Waals surface area contributed by atoms with Crippen molar-refractivity contribution in [3.05, 3.63) is 17.8 Å². The Morgan fingerprint density at radius 2 is 1.84 bits per heavy atom. The lowest BCUT2D eigenvalue weighted by Gasteiger charge is -2.23. The number of unbranched alkanes of at least 4 members (excludes halogenated alkanes) is 4. The fourth-order valence-corrected chi connectivity index (χ4v) is 3.35. The molecule has 0 saturated heterocycles. The van der Waals surface area contributed by atoms with Gasteiger partial charge in [0.15, 0.2) is 0 Å². The van der Waals surface area contributed by atoms with E-state index >= 15 is 0 Å². The number of oxazole rings is 1. The van der Waals surface area contributed by atoms with E-state index in [0.717, 1.165) is 35.3 Å². The highest BCUT2D eigenvalue weighted by molar-refractivity contribution is 7.99. The Morgan fingerprint density at radius 3 is 2.52 bits per heavy atom. The Hall–Kier alpha value is -0.0800. The molecule has 0 aliphatic carbocycles. The molecule has 0 aromatic carbocycles. The Morgan fingerprint density at radius 1 is 1.12 bits per heavy atom. The van der Waals surface area contributed by atoms with Gasteiger partial charge in [-0.3, -0.25) is 4.79 Å². The molecule has 1 aromatic heterocycles. The second-order valence-electron chi connectivity index (χ2n) is 7.45. The third-order valence-electron chi connectivity index (χ3n) is 3.91. The lowest BCUT2D eigenvalue weighted by atomic mass is 10.1. The van der Waals surface area contributed by atoms with Crippen LogP contribution in [0, 0.1) is 0 Å². The Labute approximate surface area is 175 Å². The number of halogens is 1. The van der Waals surface area contributed by atoms with Crippen molar-refractivity contribution < 1.29 is 37.7 Å². The number of aryl methyl sites for hydroxylation is 1. The van der Waals surface area contributed by atoms with Gasteiger partial charge in [-0.1, -0.05) is 32.6 Å². The predicted molar refractivity (Wildman–Crippen MR) is 103 cm³/mol. The highest BCUT2D eigenvalue weighted by atomic mass is 127. The molecule has 6 heteroatoms. The summed E-state index contributed by atoms with van der Waals surface area (Å²) in [7, 11) is 6.67. The number of ketones is 1. The van der Waals surface area contributed by atoms with Crippen molar-refractivity contribution >= 4 is 17.5 Å². The molecule has 0 atom stereocenters. The maximum absolute atomic E-state index is 12.0. The number of carbonyl (C=O) groups excluding carboxylic acids is 1. The quantitative estimate of drug-likeness (QED) is 0.175. The molecule has 0 radical (unpaired) electrons. The monoisotopic (exact) mass is 482 g/mol. The van der Waals surface area contributed by atoms with Gasteiger partial charge in [0.25, 0.3) is 5.89 Å². The lowest BCUT2D eigenvalue weighted by molar-refractivity contribution is -0.870. The van der Waals surface area contributed by atoms with E-state index < -0.39 is 0 Å². The minimum Gasteiger partial charge on any atom is -1.00 e. The van der Waals surface area contributed by atoms with Crippen LogP contribution in [0.5, 0.6) is 0 Å². The molecule has 1 heterocycles. The van der Waals surface area contributed by atoms with E-state index in [4.69, 9.17) is 4.42 Å². The van der Waals surface area contributed by atoms with Crippen molar-refractivity contribution in [2.24, 2.45) is 0 Å². The van der Waals surface area contributed by atoms with Crippen molar-refractivity contribution in [1.29, 1.82) is 0 Å². The highest BCUT2D eigenvalue weighted by Gasteiger charge is 2.13. The largest absolute Gasteiger partial charge is 1.00 e. The number of hydrogen-bond acceptors (Lipinski definition) is 4. The van der Waals surface area contributed by atoms with Crippen molar-refractivity contribution in [3.63, 3.8) is 0 Å². The number of quaternary nitrogens is 1. The molecule has 4 nitrogen and oxygen atoms in total. The molecule has 0 unspecified atom stereocenters. The molecule has 0 aliphatic rings. The number of rotatable bonds is 14. The fourth-order valence-electron chi connectivity index (χ4n) is 2.46. The maximum atomic E-state index is 12.0. The zero-order chi connectivity index (χ0) is 17.8. The van der Waals surface area contributed by atoms with Crippen LogP contribution in [0.25, 0.3) is 0 Å². The number of carbonyl (C=O) groups is 1. The topological polar surface area (TPSA) is 43.1 Å². The van der Waals surface area contributed by atoms with Crippen LogP contribution in [0.2, 0.25) is 0 Å². The van der Waals surface area contributed by atoms with Gasteiger partial charge >= 0.3 is 0 Å². The van der Waals surface area contributed by atoms with Gasteiger partial charge in [0.1, 0.15) is 5.76 Å². The molecule has 0 aliphatic heterocycles. The van der Waals surface area contributed by atoms with Crippen LogP contribution in [-0.4, -0.2) is 54.4 Å². The molecule has 0 fully saturated rings. The van der Waals surface area contributed by atoms with E-state index in [1.807, 2.05) is 11.8 Å². The summed E-state index contributed by atoms with van der Waals surface area (Å²) in [6.07, 6.45) is 10.1. The summed E-state index contributed by atoms with van der Waals surface area (Å²) in [5.74, 6) is 3.39. The highest BCUT2D eigenvalue weighted by Crippen LogP contribution is 2.13. The van der Waals surface area contributed by atoms with E-state index in [0.29, 0.717) is 12.3 Å². The summed E-state index contributed by atoms with van der Waals surface area (Å²) in [4.78, 5) is 16.2. The van der Waals surface area contributed by atoms with Crippen LogP contribution in [-0.2, 0) is 6.42 Å². The zero-order valence-corrected chi connectivity index (χ0v) is 19.3. The van der Waals surface area contributed by atoms with Crippen molar-refractivity contribution in [2.75, 3.05) is 39.2 Å². The fraction of sp³-hybridized carbons (Fsp3) is 0.789. The second kappa shape index (κ2) is 14.0. The lowest BCUT2D eigenvalue weighted by Crippen LogP contribution is -3.00. The van der Waals surface area contributed by atoms with Crippen molar-refractivity contribution in [2.45, 2.75) is 58.3 Å². The first-order valence-electron chi connectivity index (χ1n) is 9.28. The SMILES string of the molecule is CCCCCCCC(=O)c1ncc(CCSCCC[N+](C)(C)C)o1.[I-]. The van der Waals surface area contributed by atoms with Gasteiger partial charge in [0.05, 0.1) is 33.9 Å². The first kappa shape index (κ1) is 24.9. The average Bonchev–Trinajstić information content (AvgIpc) is 2.98. The Balaban J connectivity index is 0.00000576. The molecule has 25 heavy (non-hydrogen) atoms. The van der Waals surface area contributed by atoms with E-state index in [2.05, 4.69) is 33.1 Å². The molecular formula is C19H35IN2O2S. The van der Waals surface area contributed by atoms with Crippen LogP contribution in [0.1, 0.15) is 68.3 Å². The molecule has 0 bridgehead atoms. The average molecular weight is 482 g/mol. The normalized spacial score (nSPS) is 11.4. The second-order valence-corrected chi connectivity index (χ2v) is 8.67. The number of thioether (sulfide) groups is 1. The number of Topliss-reactive ketones (excluding diaryl/α,β-unsaturated/α-hetero) is 1. The van der Waals surface area contributed by atoms with Crippen molar-refractivity contribution in [1.82, 2.24) is 4.98 Å². The van der Waals surface area contributed by atoms with Crippen LogP contribution in [0.3, 0.4) is 0 Å². The minimum absolute atomic E-state index is 0. The summed E-state index contributed by atoms with van der Waals surface area (Å²) >= 11 is 1.95. The summed E-state index contributed by atoms with van der Waals surface area (Å²) in [5, 5.41) is 0. The molecule has 0 N–H and O–H groups in total. The molecule has 0 saturated carbocycles. The van der Waals surface area contributed by atoms with Crippen molar-refractivity contribution in [3.8, 4) is 0 Å². The summed E-state index contributed by atoms with van der Waals surface area (Å²) in [6, 6.07) is 0. The molecule has 0 amide bonds. The standard InChI is InChI=1S/C19H35N2O2S.HI/c1-5-6-7-8-9-11-18(22)19-20-16-17(23-19)12-15-24-14-10-13-21(2,3)4;/h16H,5-15H2,1-4H3;1H/q+1;/p-1. The van der Waals surface area contributed by atoms with Gasteiger partial charge in [0.2, 0.25) is 5.78 Å². The third-order valence-corrected chi connectivity index (χ3v) is 4.98. The molecule has 146 valence electrons.